The van der Waals surface area contributed by atoms with E-state index >= 15 is 0 Å². The molecule has 0 aromatic carbocycles. The van der Waals surface area contributed by atoms with E-state index in [9.17, 15) is 0 Å². The molecular formula is C6H6N2O. The molecule has 0 aliphatic carbocycles. The van der Waals surface area contributed by atoms with Crippen molar-refractivity contribution in [2.24, 2.45) is 4.99 Å². The summed E-state index contributed by atoms with van der Waals surface area (Å²) in [5, 5.41) is 0. The van der Waals surface area contributed by atoms with Gasteiger partial charge in [0, 0.05) is 12.4 Å². The topological polar surface area (TPSA) is 24.8 Å². The lowest BCUT2D eigenvalue weighted by atomic mass is 10.6. The van der Waals surface area contributed by atoms with Crippen LogP contribution >= 0.6 is 0 Å². The zero-order chi connectivity index (χ0) is 6.97. The second kappa shape index (κ2) is 1.62. The molecule has 0 spiro atoms. The Hall–Kier alpha value is -1.25. The van der Waals surface area contributed by atoms with E-state index in [0.717, 1.165) is 0 Å². The zero-order valence-electron chi connectivity index (χ0n) is 5.69. The van der Waals surface area contributed by atoms with Crippen LogP contribution in [0.25, 0.3) is 0 Å². The number of nitrogens with zero attached hydrogens (tertiary/aromatic N) is 2. The number of rotatable bonds is 0. The van der Waals surface area contributed by atoms with Crippen LogP contribution in [-0.4, -0.2) is 17.6 Å². The molecule has 0 radical (unpaired) electrons. The first-order valence-electron chi connectivity index (χ1n) is 3.23. The van der Waals surface area contributed by atoms with Crippen molar-refractivity contribution < 1.29 is 6.11 Å². The minimum Gasteiger partial charge on any atom is -0.467 e. The summed E-state index contributed by atoms with van der Waals surface area (Å²) in [6.45, 7) is -0.383. The summed E-state index contributed by atoms with van der Waals surface area (Å²) in [7, 11) is 0. The van der Waals surface area contributed by atoms with Crippen molar-refractivity contribution in [3.05, 3.63) is 24.5 Å². The van der Waals surface area contributed by atoms with Crippen molar-refractivity contribution in [2.45, 2.75) is 0 Å². The zero-order valence-corrected chi connectivity index (χ0v) is 4.69. The SMILES string of the molecule is [2H]C1C=NC2=COC=CN21. The van der Waals surface area contributed by atoms with E-state index in [4.69, 9.17) is 6.11 Å². The molecule has 0 bridgehead atoms. The Morgan fingerprint density at radius 3 is 3.78 bits per heavy atom. The molecule has 0 amide bonds. The lowest BCUT2D eigenvalue weighted by Gasteiger charge is -2.14. The third-order valence-electron chi connectivity index (χ3n) is 1.17. The van der Waals surface area contributed by atoms with Crippen molar-refractivity contribution in [3.63, 3.8) is 0 Å². The highest BCUT2D eigenvalue weighted by Gasteiger charge is 2.11. The quantitative estimate of drug-likeness (QED) is 0.473. The third kappa shape index (κ3) is 0.614. The van der Waals surface area contributed by atoms with Gasteiger partial charge in [0.2, 0.25) is 0 Å². The van der Waals surface area contributed by atoms with Gasteiger partial charge >= 0.3 is 0 Å². The van der Waals surface area contributed by atoms with Gasteiger partial charge in [0.25, 0.3) is 0 Å². The highest BCUT2D eigenvalue weighted by molar-refractivity contribution is 5.65. The fourth-order valence-corrected chi connectivity index (χ4v) is 0.743. The monoisotopic (exact) mass is 123 g/mol. The predicted molar refractivity (Wildman–Crippen MR) is 33.5 cm³/mol. The summed E-state index contributed by atoms with van der Waals surface area (Å²) < 4.78 is 12.2. The number of hydrogen-bond donors (Lipinski definition) is 0. The molecule has 3 nitrogen and oxygen atoms in total. The van der Waals surface area contributed by atoms with Gasteiger partial charge in [0.1, 0.15) is 12.5 Å². The molecule has 2 aliphatic heterocycles. The normalized spacial score (nSPS) is 31.1. The van der Waals surface area contributed by atoms with Crippen LogP contribution in [0.5, 0.6) is 0 Å². The van der Waals surface area contributed by atoms with Gasteiger partial charge in [-0.25, -0.2) is 4.99 Å². The van der Waals surface area contributed by atoms with E-state index in [-0.39, 0.29) is 6.52 Å². The minimum atomic E-state index is -0.383. The van der Waals surface area contributed by atoms with Gasteiger partial charge in [-0.2, -0.15) is 0 Å². The standard InChI is InChI=1S/C6H6N2O/c1-2-8-3-4-9-5-6(8)7-1/h1,3-5H,2H2/i2D. The average molecular weight is 123 g/mol. The van der Waals surface area contributed by atoms with Gasteiger partial charge < -0.3 is 9.64 Å². The fraction of sp³-hybridized carbons (Fsp3) is 0.167. The molecule has 0 saturated heterocycles. The molecule has 2 heterocycles. The number of fused-ring (bicyclic) bond motifs is 1. The summed E-state index contributed by atoms with van der Waals surface area (Å²) in [6, 6.07) is 0. The lowest BCUT2D eigenvalue weighted by molar-refractivity contribution is 0.343. The molecule has 0 aromatic heterocycles. The molecule has 9 heavy (non-hydrogen) atoms. The second-order valence-corrected chi connectivity index (χ2v) is 1.73. The van der Waals surface area contributed by atoms with Crippen molar-refractivity contribution >= 4 is 6.21 Å². The molecule has 2 rings (SSSR count). The summed E-state index contributed by atoms with van der Waals surface area (Å²) in [6.07, 6.45) is 6.30. The lowest BCUT2D eigenvalue weighted by Crippen LogP contribution is -2.13. The largest absolute Gasteiger partial charge is 0.467 e. The van der Waals surface area contributed by atoms with Crippen LogP contribution in [0.3, 0.4) is 0 Å². The molecule has 3 heteroatoms. The Balaban J connectivity index is 2.30. The molecule has 0 saturated carbocycles. The first-order valence-corrected chi connectivity index (χ1v) is 2.65. The van der Waals surface area contributed by atoms with Crippen LogP contribution in [-0.2, 0) is 4.74 Å². The first kappa shape index (κ1) is 3.71. The van der Waals surface area contributed by atoms with Gasteiger partial charge in [0.05, 0.1) is 7.89 Å². The van der Waals surface area contributed by atoms with E-state index in [1.165, 1.54) is 12.5 Å². The van der Waals surface area contributed by atoms with Gasteiger partial charge in [-0.05, 0) is 0 Å². The van der Waals surface area contributed by atoms with Crippen LogP contribution in [0.15, 0.2) is 29.5 Å². The molecule has 1 atom stereocenters. The van der Waals surface area contributed by atoms with Gasteiger partial charge in [-0.1, -0.05) is 0 Å². The first-order chi connectivity index (χ1) is 4.88. The molecule has 2 aliphatic rings. The minimum absolute atomic E-state index is 0.383. The van der Waals surface area contributed by atoms with Gasteiger partial charge in [-0.3, -0.25) is 0 Å². The average Bonchev–Trinajstić information content (AvgIpc) is 2.34. The number of hydrogen-bond acceptors (Lipinski definition) is 3. The van der Waals surface area contributed by atoms with Crippen LogP contribution in [0.4, 0.5) is 0 Å². The van der Waals surface area contributed by atoms with Crippen LogP contribution in [0.2, 0.25) is 0 Å². The van der Waals surface area contributed by atoms with E-state index in [0.29, 0.717) is 5.82 Å². The number of ether oxygens (including phenoxy) is 1. The summed E-state index contributed by atoms with van der Waals surface area (Å²) in [4.78, 5) is 5.65. The van der Waals surface area contributed by atoms with Crippen molar-refractivity contribution in [1.82, 2.24) is 4.90 Å². The predicted octanol–water partition coefficient (Wildman–Crippen LogP) is 0.673. The van der Waals surface area contributed by atoms with Crippen LogP contribution in [0, 0.1) is 0 Å². The van der Waals surface area contributed by atoms with Crippen LogP contribution < -0.4 is 0 Å². The van der Waals surface area contributed by atoms with Crippen molar-refractivity contribution in [2.75, 3.05) is 6.52 Å². The molecular weight excluding hydrogens is 116 g/mol. The Bertz CT molecular complexity index is 234. The molecule has 0 N–H and O–H groups in total. The van der Waals surface area contributed by atoms with E-state index in [1.807, 2.05) is 0 Å². The molecule has 0 aromatic rings. The molecule has 1 unspecified atom stereocenters. The Kier molecular flexibility index (Phi) is 0.667. The highest BCUT2D eigenvalue weighted by atomic mass is 16.5. The van der Waals surface area contributed by atoms with E-state index in [1.54, 1.807) is 17.3 Å². The maximum Gasteiger partial charge on any atom is 0.168 e. The number of aliphatic imine (C=N–C) groups is 1. The van der Waals surface area contributed by atoms with Crippen LogP contribution in [0.1, 0.15) is 1.37 Å². The highest BCUT2D eigenvalue weighted by Crippen LogP contribution is 2.14. The van der Waals surface area contributed by atoms with E-state index in [2.05, 4.69) is 4.99 Å². The van der Waals surface area contributed by atoms with Gasteiger partial charge in [0.15, 0.2) is 5.82 Å². The Labute approximate surface area is 54.3 Å². The maximum absolute atomic E-state index is 7.39. The fourth-order valence-electron chi connectivity index (χ4n) is 0.743. The summed E-state index contributed by atoms with van der Waals surface area (Å²) in [5.41, 5.74) is 0. The van der Waals surface area contributed by atoms with Crippen molar-refractivity contribution in [3.8, 4) is 0 Å². The van der Waals surface area contributed by atoms with Crippen molar-refractivity contribution in [1.29, 1.82) is 0 Å². The summed E-state index contributed by atoms with van der Waals surface area (Å²) >= 11 is 0. The smallest absolute Gasteiger partial charge is 0.168 e. The van der Waals surface area contributed by atoms with Gasteiger partial charge in [-0.15, -0.1) is 0 Å². The molecule has 46 valence electrons. The third-order valence-corrected chi connectivity index (χ3v) is 1.17. The Morgan fingerprint density at radius 2 is 2.89 bits per heavy atom. The molecule has 0 fully saturated rings. The summed E-state index contributed by atoms with van der Waals surface area (Å²) in [5.74, 6) is 0.697. The van der Waals surface area contributed by atoms with E-state index < -0.39 is 0 Å². The Morgan fingerprint density at radius 1 is 1.89 bits per heavy atom. The second-order valence-electron chi connectivity index (χ2n) is 1.73. The maximum atomic E-state index is 7.39.